The maximum Gasteiger partial charge on any atom is 0.410 e. The molecule has 2 aliphatic heterocycles. The van der Waals surface area contributed by atoms with Gasteiger partial charge in [0.05, 0.1) is 5.52 Å². The summed E-state index contributed by atoms with van der Waals surface area (Å²) >= 11 is 6.18. The predicted octanol–water partition coefficient (Wildman–Crippen LogP) is 5.42. The van der Waals surface area contributed by atoms with Crippen LogP contribution >= 0.6 is 11.6 Å². The van der Waals surface area contributed by atoms with Crippen LogP contribution in [-0.4, -0.2) is 59.8 Å². The smallest absolute Gasteiger partial charge is 0.410 e. The lowest BCUT2D eigenvalue weighted by molar-refractivity contribution is -0.0452. The van der Waals surface area contributed by atoms with Gasteiger partial charge in [0.2, 0.25) is 0 Å². The van der Waals surface area contributed by atoms with Crippen LogP contribution in [0.5, 0.6) is 0 Å². The molecule has 1 aromatic heterocycles. The third-order valence-corrected chi connectivity index (χ3v) is 6.64. The molecule has 3 aromatic rings. The van der Waals surface area contributed by atoms with Crippen LogP contribution in [0.1, 0.15) is 26.6 Å². The van der Waals surface area contributed by atoms with E-state index in [9.17, 15) is 4.79 Å². The van der Waals surface area contributed by atoms with Gasteiger partial charge >= 0.3 is 6.09 Å². The fourth-order valence-electron chi connectivity index (χ4n) is 4.84. The first kappa shape index (κ1) is 22.7. The standard InChI is InChI=1S/C26H30ClN5O2/c1-17-28-22-11-18(27)9-10-21(22)23(29-17)30(5)19-7-6-8-20(12-19)31-13-26(14-31)15-32(16-26)24(33)34-25(2,3)4/h6-12H,13-16H2,1-5H3. The highest BCUT2D eigenvalue weighted by Gasteiger charge is 2.54. The molecule has 2 fully saturated rings. The average molecular weight is 480 g/mol. The van der Waals surface area contributed by atoms with Gasteiger partial charge in [-0.25, -0.2) is 14.8 Å². The highest BCUT2D eigenvalue weighted by molar-refractivity contribution is 6.31. The highest BCUT2D eigenvalue weighted by atomic mass is 35.5. The van der Waals surface area contributed by atoms with Crippen molar-refractivity contribution in [2.75, 3.05) is 43.0 Å². The van der Waals surface area contributed by atoms with Crippen molar-refractivity contribution in [3.05, 3.63) is 53.3 Å². The monoisotopic (exact) mass is 479 g/mol. The van der Waals surface area contributed by atoms with E-state index < -0.39 is 5.60 Å². The van der Waals surface area contributed by atoms with Crippen LogP contribution in [0, 0.1) is 12.3 Å². The fourth-order valence-corrected chi connectivity index (χ4v) is 5.01. The zero-order chi connectivity index (χ0) is 24.3. The van der Waals surface area contributed by atoms with Gasteiger partial charge in [-0.05, 0) is 64.1 Å². The SMILES string of the molecule is Cc1nc(N(C)c2cccc(N3CC4(CN(C(=O)OC(C)(C)C)C4)C3)c2)c2ccc(Cl)cc2n1. The van der Waals surface area contributed by atoms with Crippen molar-refractivity contribution in [3.63, 3.8) is 0 Å². The Morgan fingerprint density at radius 3 is 2.53 bits per heavy atom. The van der Waals surface area contributed by atoms with E-state index in [1.54, 1.807) is 0 Å². The number of fused-ring (bicyclic) bond motifs is 1. The summed E-state index contributed by atoms with van der Waals surface area (Å²) in [5.74, 6) is 1.56. The van der Waals surface area contributed by atoms with E-state index >= 15 is 0 Å². The van der Waals surface area contributed by atoms with E-state index in [1.165, 1.54) is 5.69 Å². The van der Waals surface area contributed by atoms with E-state index in [1.807, 2.05) is 57.8 Å². The second-order valence-corrected chi connectivity index (χ2v) is 11.0. The van der Waals surface area contributed by atoms with Crippen LogP contribution in [0.4, 0.5) is 22.0 Å². The average Bonchev–Trinajstić information content (AvgIpc) is 2.69. The molecule has 0 bridgehead atoms. The number of halogens is 1. The molecule has 7 nitrogen and oxygen atoms in total. The van der Waals surface area contributed by atoms with Crippen molar-refractivity contribution in [2.24, 2.45) is 5.41 Å². The number of hydrogen-bond acceptors (Lipinski definition) is 6. The molecule has 34 heavy (non-hydrogen) atoms. The first-order valence-electron chi connectivity index (χ1n) is 11.5. The number of benzene rings is 2. The molecular weight excluding hydrogens is 450 g/mol. The van der Waals surface area contributed by atoms with Gasteiger partial charge in [0, 0.05) is 60.4 Å². The number of rotatable bonds is 3. The number of nitrogens with zero attached hydrogens (tertiary/aromatic N) is 5. The van der Waals surface area contributed by atoms with Crippen LogP contribution in [0.25, 0.3) is 10.9 Å². The molecule has 1 spiro atoms. The predicted molar refractivity (Wildman–Crippen MR) is 136 cm³/mol. The summed E-state index contributed by atoms with van der Waals surface area (Å²) in [5, 5.41) is 1.62. The van der Waals surface area contributed by atoms with Gasteiger partial charge in [-0.3, -0.25) is 0 Å². The molecule has 1 amide bonds. The molecule has 0 saturated carbocycles. The number of ether oxygens (including phenoxy) is 1. The van der Waals surface area contributed by atoms with E-state index in [2.05, 4.69) is 39.0 Å². The number of anilines is 3. The summed E-state index contributed by atoms with van der Waals surface area (Å²) in [7, 11) is 2.02. The lowest BCUT2D eigenvalue weighted by atomic mass is 9.73. The Morgan fingerprint density at radius 1 is 1.09 bits per heavy atom. The Labute approximate surface area is 205 Å². The van der Waals surface area contributed by atoms with Crippen molar-refractivity contribution in [1.29, 1.82) is 0 Å². The summed E-state index contributed by atoms with van der Waals surface area (Å²) in [6.07, 6.45) is -0.214. The Kier molecular flexibility index (Phi) is 5.35. The second-order valence-electron chi connectivity index (χ2n) is 10.5. The van der Waals surface area contributed by atoms with Gasteiger partial charge in [-0.1, -0.05) is 17.7 Å². The number of aryl methyl sites for hydroxylation is 1. The normalized spacial score (nSPS) is 16.9. The summed E-state index contributed by atoms with van der Waals surface area (Å²) < 4.78 is 5.49. The van der Waals surface area contributed by atoms with E-state index in [0.717, 1.165) is 48.6 Å². The van der Waals surface area contributed by atoms with E-state index in [-0.39, 0.29) is 11.5 Å². The summed E-state index contributed by atoms with van der Waals surface area (Å²) in [6, 6.07) is 14.2. The molecule has 3 heterocycles. The van der Waals surface area contributed by atoms with Gasteiger partial charge in [0.15, 0.2) is 0 Å². The Bertz CT molecular complexity index is 1250. The minimum absolute atomic E-state index is 0.179. The van der Waals surface area contributed by atoms with Crippen LogP contribution in [0.15, 0.2) is 42.5 Å². The van der Waals surface area contributed by atoms with Crippen molar-refractivity contribution < 1.29 is 9.53 Å². The van der Waals surface area contributed by atoms with Crippen LogP contribution in [0.3, 0.4) is 0 Å². The summed E-state index contributed by atoms with van der Waals surface area (Å²) in [4.78, 5) is 27.8. The number of likely N-dealkylation sites (tertiary alicyclic amines) is 1. The van der Waals surface area contributed by atoms with E-state index in [0.29, 0.717) is 10.8 Å². The maximum atomic E-state index is 12.3. The van der Waals surface area contributed by atoms with Crippen LogP contribution in [0.2, 0.25) is 5.02 Å². The van der Waals surface area contributed by atoms with Crippen LogP contribution < -0.4 is 9.80 Å². The molecule has 0 unspecified atom stereocenters. The molecular formula is C26H30ClN5O2. The first-order valence-corrected chi connectivity index (χ1v) is 11.9. The number of amides is 1. The second kappa shape index (κ2) is 8.01. The maximum absolute atomic E-state index is 12.3. The van der Waals surface area contributed by atoms with Gasteiger partial charge in [0.1, 0.15) is 17.2 Å². The number of aromatic nitrogens is 2. The van der Waals surface area contributed by atoms with Gasteiger partial charge in [-0.2, -0.15) is 0 Å². The number of carbonyl (C=O) groups excluding carboxylic acids is 1. The minimum atomic E-state index is -0.461. The number of hydrogen-bond donors (Lipinski definition) is 0. The molecule has 8 heteroatoms. The van der Waals surface area contributed by atoms with Crippen molar-refractivity contribution in [2.45, 2.75) is 33.3 Å². The summed E-state index contributed by atoms with van der Waals surface area (Å²) in [5.41, 5.74) is 2.78. The quantitative estimate of drug-likeness (QED) is 0.500. The molecule has 2 aromatic carbocycles. The molecule has 178 valence electrons. The lowest BCUT2D eigenvalue weighted by Gasteiger charge is -2.60. The molecule has 0 aliphatic carbocycles. The van der Waals surface area contributed by atoms with Crippen LogP contribution in [-0.2, 0) is 4.74 Å². The molecule has 0 N–H and O–H groups in total. The number of carbonyl (C=O) groups is 1. The molecule has 2 saturated heterocycles. The van der Waals surface area contributed by atoms with Gasteiger partial charge < -0.3 is 19.4 Å². The third-order valence-electron chi connectivity index (χ3n) is 6.41. The zero-order valence-corrected chi connectivity index (χ0v) is 21.1. The Hall–Kier alpha value is -3.06. The first-order chi connectivity index (χ1) is 16.0. The van der Waals surface area contributed by atoms with Crippen molar-refractivity contribution >= 4 is 45.8 Å². The Balaban J connectivity index is 1.29. The fraction of sp³-hybridized carbons (Fsp3) is 0.423. The molecule has 0 radical (unpaired) electrons. The topological polar surface area (TPSA) is 61.8 Å². The third kappa shape index (κ3) is 4.25. The Morgan fingerprint density at radius 2 is 1.82 bits per heavy atom. The minimum Gasteiger partial charge on any atom is -0.444 e. The largest absolute Gasteiger partial charge is 0.444 e. The zero-order valence-electron chi connectivity index (χ0n) is 20.3. The van der Waals surface area contributed by atoms with Gasteiger partial charge in [-0.15, -0.1) is 0 Å². The van der Waals surface area contributed by atoms with Crippen molar-refractivity contribution in [3.8, 4) is 0 Å². The van der Waals surface area contributed by atoms with Crippen molar-refractivity contribution in [1.82, 2.24) is 14.9 Å². The molecule has 5 rings (SSSR count). The van der Waals surface area contributed by atoms with E-state index in [4.69, 9.17) is 21.3 Å². The molecule has 0 atom stereocenters. The highest BCUT2D eigenvalue weighted by Crippen LogP contribution is 2.43. The lowest BCUT2D eigenvalue weighted by Crippen LogP contribution is -2.73. The van der Waals surface area contributed by atoms with Gasteiger partial charge in [0.25, 0.3) is 0 Å². The summed E-state index contributed by atoms with van der Waals surface area (Å²) in [6.45, 7) is 11.0. The molecule has 2 aliphatic rings.